The van der Waals surface area contributed by atoms with E-state index in [0.717, 1.165) is 11.1 Å². The summed E-state index contributed by atoms with van der Waals surface area (Å²) in [5.74, 6) is -0.268. The second-order valence-electron chi connectivity index (χ2n) is 2.87. The van der Waals surface area contributed by atoms with Crippen LogP contribution in [0.5, 0.6) is 0 Å². The van der Waals surface area contributed by atoms with Gasteiger partial charge in [-0.15, -0.1) is 0 Å². The van der Waals surface area contributed by atoms with E-state index in [1.807, 2.05) is 6.07 Å². The maximum Gasteiger partial charge on any atom is 0.123 e. The fourth-order valence-electron chi connectivity index (χ4n) is 1.27. The minimum atomic E-state index is -0.268. The molecule has 0 radical (unpaired) electrons. The Hall–Kier alpha value is -1.41. The average molecular weight is 208 g/mol. The average Bonchev–Trinajstić information content (AvgIpc) is 2.18. The summed E-state index contributed by atoms with van der Waals surface area (Å²) < 4.78 is 12.9. The van der Waals surface area contributed by atoms with Gasteiger partial charge in [0.05, 0.1) is 5.02 Å². The summed E-state index contributed by atoms with van der Waals surface area (Å²) >= 11 is 5.93. The van der Waals surface area contributed by atoms with Gasteiger partial charge >= 0.3 is 0 Å². The maximum atomic E-state index is 12.9. The molecule has 2 aromatic rings. The molecule has 1 aromatic carbocycles. The number of nitrogens with zero attached hydrogens (tertiary/aromatic N) is 1. The molecular formula is C11H7ClFN. The zero-order valence-corrected chi connectivity index (χ0v) is 8.00. The Morgan fingerprint density at radius 2 is 2.07 bits per heavy atom. The number of benzene rings is 1. The molecule has 14 heavy (non-hydrogen) atoms. The van der Waals surface area contributed by atoms with Crippen LogP contribution in [0.2, 0.25) is 5.02 Å². The van der Waals surface area contributed by atoms with E-state index in [-0.39, 0.29) is 5.82 Å². The van der Waals surface area contributed by atoms with Crippen molar-refractivity contribution < 1.29 is 4.39 Å². The highest BCUT2D eigenvalue weighted by molar-refractivity contribution is 6.33. The Labute approximate surface area is 86.2 Å². The minimum Gasteiger partial charge on any atom is -0.263 e. The standard InChI is InChI=1S/C11H7ClFN/c12-11-7-14-5-4-10(11)8-2-1-3-9(13)6-8/h1-7H. The van der Waals surface area contributed by atoms with Crippen LogP contribution in [-0.2, 0) is 0 Å². The summed E-state index contributed by atoms with van der Waals surface area (Å²) in [5.41, 5.74) is 1.55. The molecule has 0 N–H and O–H groups in total. The molecule has 1 nitrogen and oxygen atoms in total. The fraction of sp³-hybridized carbons (Fsp3) is 0. The van der Waals surface area contributed by atoms with E-state index in [0.29, 0.717) is 5.02 Å². The summed E-state index contributed by atoms with van der Waals surface area (Å²) in [6.07, 6.45) is 3.17. The molecule has 1 aromatic heterocycles. The number of rotatable bonds is 1. The van der Waals surface area contributed by atoms with Crippen molar-refractivity contribution >= 4 is 11.6 Å². The second-order valence-corrected chi connectivity index (χ2v) is 3.27. The molecule has 0 fully saturated rings. The van der Waals surface area contributed by atoms with Crippen LogP contribution in [0.1, 0.15) is 0 Å². The van der Waals surface area contributed by atoms with Gasteiger partial charge in [0.15, 0.2) is 0 Å². The van der Waals surface area contributed by atoms with Crippen molar-refractivity contribution in [1.29, 1.82) is 0 Å². The molecule has 0 saturated heterocycles. The van der Waals surface area contributed by atoms with Crippen LogP contribution in [0, 0.1) is 5.82 Å². The Balaban J connectivity index is 2.55. The number of hydrogen-bond acceptors (Lipinski definition) is 1. The van der Waals surface area contributed by atoms with Gasteiger partial charge in [-0.2, -0.15) is 0 Å². The van der Waals surface area contributed by atoms with Gasteiger partial charge in [-0.1, -0.05) is 23.7 Å². The quantitative estimate of drug-likeness (QED) is 0.697. The molecule has 0 atom stereocenters. The van der Waals surface area contributed by atoms with Crippen molar-refractivity contribution in [3.05, 3.63) is 53.6 Å². The number of hydrogen-bond donors (Lipinski definition) is 0. The van der Waals surface area contributed by atoms with E-state index in [9.17, 15) is 4.39 Å². The lowest BCUT2D eigenvalue weighted by Gasteiger charge is -2.02. The van der Waals surface area contributed by atoms with E-state index in [2.05, 4.69) is 4.98 Å². The molecule has 3 heteroatoms. The van der Waals surface area contributed by atoms with Crippen molar-refractivity contribution in [2.75, 3.05) is 0 Å². The minimum absolute atomic E-state index is 0.268. The molecule has 0 bridgehead atoms. The molecule has 0 aliphatic carbocycles. The van der Waals surface area contributed by atoms with Crippen molar-refractivity contribution in [1.82, 2.24) is 4.98 Å². The topological polar surface area (TPSA) is 12.9 Å². The van der Waals surface area contributed by atoms with Gasteiger partial charge in [0, 0.05) is 18.0 Å². The van der Waals surface area contributed by atoms with E-state index >= 15 is 0 Å². The lowest BCUT2D eigenvalue weighted by Crippen LogP contribution is -1.82. The van der Waals surface area contributed by atoms with Gasteiger partial charge < -0.3 is 0 Å². The molecule has 70 valence electrons. The zero-order chi connectivity index (χ0) is 9.97. The first-order valence-corrected chi connectivity index (χ1v) is 4.50. The van der Waals surface area contributed by atoms with E-state index in [1.165, 1.54) is 12.1 Å². The molecule has 0 aliphatic heterocycles. The molecule has 0 unspecified atom stereocenters. The molecule has 0 amide bonds. The highest BCUT2D eigenvalue weighted by Gasteiger charge is 2.02. The van der Waals surface area contributed by atoms with Crippen LogP contribution in [0.4, 0.5) is 4.39 Å². The molecule has 0 saturated carbocycles. The normalized spacial score (nSPS) is 10.1. The molecule has 0 spiro atoms. The van der Waals surface area contributed by atoms with Gasteiger partial charge in [0.25, 0.3) is 0 Å². The van der Waals surface area contributed by atoms with Crippen molar-refractivity contribution in [3.8, 4) is 11.1 Å². The highest BCUT2D eigenvalue weighted by Crippen LogP contribution is 2.26. The Bertz CT molecular complexity index is 457. The lowest BCUT2D eigenvalue weighted by molar-refractivity contribution is 0.628. The fourth-order valence-corrected chi connectivity index (χ4v) is 1.49. The van der Waals surface area contributed by atoms with Crippen molar-refractivity contribution in [3.63, 3.8) is 0 Å². The zero-order valence-electron chi connectivity index (χ0n) is 7.24. The summed E-state index contributed by atoms with van der Waals surface area (Å²) in [7, 11) is 0. The summed E-state index contributed by atoms with van der Waals surface area (Å²) in [6, 6.07) is 8.07. The van der Waals surface area contributed by atoms with Gasteiger partial charge in [-0.25, -0.2) is 4.39 Å². The van der Waals surface area contributed by atoms with Gasteiger partial charge in [-0.3, -0.25) is 4.98 Å². The molecule has 0 aliphatic rings. The van der Waals surface area contributed by atoms with E-state index < -0.39 is 0 Å². The molecular weight excluding hydrogens is 201 g/mol. The summed E-state index contributed by atoms with van der Waals surface area (Å²) in [4.78, 5) is 3.87. The van der Waals surface area contributed by atoms with Gasteiger partial charge in [0.2, 0.25) is 0 Å². The summed E-state index contributed by atoms with van der Waals surface area (Å²) in [6.45, 7) is 0. The van der Waals surface area contributed by atoms with Crippen LogP contribution in [0.25, 0.3) is 11.1 Å². The van der Waals surface area contributed by atoms with E-state index in [1.54, 1.807) is 24.5 Å². The van der Waals surface area contributed by atoms with Gasteiger partial charge in [-0.05, 0) is 23.8 Å². The maximum absolute atomic E-state index is 12.9. The number of pyridine rings is 1. The SMILES string of the molecule is Fc1cccc(-c2ccncc2Cl)c1. The summed E-state index contributed by atoms with van der Waals surface area (Å²) in [5, 5.41) is 0.526. The largest absolute Gasteiger partial charge is 0.263 e. The smallest absolute Gasteiger partial charge is 0.123 e. The van der Waals surface area contributed by atoms with Crippen molar-refractivity contribution in [2.24, 2.45) is 0 Å². The second kappa shape index (κ2) is 3.76. The molecule has 2 rings (SSSR count). The first-order chi connectivity index (χ1) is 6.77. The van der Waals surface area contributed by atoms with Crippen LogP contribution in [0.15, 0.2) is 42.7 Å². The van der Waals surface area contributed by atoms with Crippen LogP contribution in [-0.4, -0.2) is 4.98 Å². The monoisotopic (exact) mass is 207 g/mol. The van der Waals surface area contributed by atoms with Crippen LogP contribution in [0.3, 0.4) is 0 Å². The number of halogens is 2. The first-order valence-electron chi connectivity index (χ1n) is 4.13. The Morgan fingerprint density at radius 1 is 1.21 bits per heavy atom. The first kappa shape index (κ1) is 9.16. The van der Waals surface area contributed by atoms with E-state index in [4.69, 9.17) is 11.6 Å². The third kappa shape index (κ3) is 1.75. The van der Waals surface area contributed by atoms with Crippen molar-refractivity contribution in [2.45, 2.75) is 0 Å². The van der Waals surface area contributed by atoms with Crippen LogP contribution < -0.4 is 0 Å². The Kier molecular flexibility index (Phi) is 2.46. The number of aromatic nitrogens is 1. The van der Waals surface area contributed by atoms with Gasteiger partial charge in [0.1, 0.15) is 5.82 Å². The predicted octanol–water partition coefficient (Wildman–Crippen LogP) is 3.54. The molecule has 1 heterocycles. The predicted molar refractivity (Wildman–Crippen MR) is 54.6 cm³/mol. The Morgan fingerprint density at radius 3 is 2.79 bits per heavy atom. The third-order valence-corrected chi connectivity index (χ3v) is 2.21. The highest BCUT2D eigenvalue weighted by atomic mass is 35.5. The third-order valence-electron chi connectivity index (χ3n) is 1.91. The lowest BCUT2D eigenvalue weighted by atomic mass is 10.1. The van der Waals surface area contributed by atoms with Crippen LogP contribution >= 0.6 is 11.6 Å².